The molecule has 0 saturated carbocycles. The maximum absolute atomic E-state index is 5.67. The third-order valence-corrected chi connectivity index (χ3v) is 3.46. The highest BCUT2D eigenvalue weighted by Crippen LogP contribution is 2.22. The minimum Gasteiger partial charge on any atom is -0.330 e. The molecule has 2 N–H and O–H groups in total. The van der Waals surface area contributed by atoms with Crippen LogP contribution < -0.4 is 5.73 Å². The Balaban J connectivity index is 2.61. The van der Waals surface area contributed by atoms with E-state index in [-0.39, 0.29) is 0 Å². The minimum absolute atomic E-state index is 0.294. The predicted octanol–water partition coefficient (Wildman–Crippen LogP) is 3.11. The second-order valence-electron chi connectivity index (χ2n) is 6.31. The van der Waals surface area contributed by atoms with Gasteiger partial charge in [0.15, 0.2) is 0 Å². The summed E-state index contributed by atoms with van der Waals surface area (Å²) < 4.78 is 0. The van der Waals surface area contributed by atoms with Crippen molar-refractivity contribution in [2.45, 2.75) is 40.7 Å². The third-order valence-electron chi connectivity index (χ3n) is 3.46. The van der Waals surface area contributed by atoms with E-state index in [1.807, 2.05) is 0 Å². The molecule has 1 rings (SSSR count). The first-order chi connectivity index (χ1) is 8.34. The average molecular weight is 248 g/mol. The monoisotopic (exact) mass is 248 g/mol. The van der Waals surface area contributed by atoms with Crippen LogP contribution in [-0.4, -0.2) is 25.0 Å². The van der Waals surface area contributed by atoms with Crippen molar-refractivity contribution >= 4 is 0 Å². The van der Waals surface area contributed by atoms with Crippen LogP contribution in [0.4, 0.5) is 0 Å². The Morgan fingerprint density at radius 1 is 1.22 bits per heavy atom. The number of hydrogen-bond donors (Lipinski definition) is 1. The number of nitrogens with two attached hydrogens (primary N) is 1. The van der Waals surface area contributed by atoms with Crippen molar-refractivity contribution < 1.29 is 0 Å². The molecule has 0 aliphatic carbocycles. The molecule has 0 radical (unpaired) electrons. The summed E-state index contributed by atoms with van der Waals surface area (Å²) >= 11 is 0. The van der Waals surface area contributed by atoms with E-state index >= 15 is 0 Å². The quantitative estimate of drug-likeness (QED) is 0.838. The highest BCUT2D eigenvalue weighted by Gasteiger charge is 2.19. The highest BCUT2D eigenvalue weighted by atomic mass is 15.1. The van der Waals surface area contributed by atoms with E-state index in [2.05, 4.69) is 57.8 Å². The summed E-state index contributed by atoms with van der Waals surface area (Å²) in [5.74, 6) is 0. The molecule has 0 heterocycles. The zero-order valence-electron chi connectivity index (χ0n) is 12.6. The normalized spacial score (nSPS) is 12.2. The van der Waals surface area contributed by atoms with E-state index in [1.54, 1.807) is 0 Å². The zero-order valence-corrected chi connectivity index (χ0v) is 12.6. The van der Waals surface area contributed by atoms with Gasteiger partial charge >= 0.3 is 0 Å². The van der Waals surface area contributed by atoms with Gasteiger partial charge in [-0.05, 0) is 50.4 Å². The molecule has 0 fully saturated rings. The topological polar surface area (TPSA) is 29.3 Å². The molecule has 0 amide bonds. The second kappa shape index (κ2) is 6.35. The van der Waals surface area contributed by atoms with Crippen LogP contribution in [0.5, 0.6) is 0 Å². The van der Waals surface area contributed by atoms with Crippen LogP contribution in [0.2, 0.25) is 0 Å². The molecule has 0 atom stereocenters. The van der Waals surface area contributed by atoms with Gasteiger partial charge in [0.25, 0.3) is 0 Å². The number of benzene rings is 1. The number of hydrogen-bond acceptors (Lipinski definition) is 2. The van der Waals surface area contributed by atoms with Crippen molar-refractivity contribution in [3.05, 3.63) is 34.9 Å². The summed E-state index contributed by atoms with van der Waals surface area (Å²) in [5, 5.41) is 0. The van der Waals surface area contributed by atoms with Crippen LogP contribution in [0.3, 0.4) is 0 Å². The summed E-state index contributed by atoms with van der Waals surface area (Å²) in [6.07, 6.45) is 1.07. The van der Waals surface area contributed by atoms with Gasteiger partial charge in [-0.15, -0.1) is 0 Å². The fourth-order valence-corrected chi connectivity index (χ4v) is 2.57. The fraction of sp³-hybridized carbons (Fsp3) is 0.625. The SMILES string of the molecule is Cc1ccc(CN(C)CC(C)(C)CCN)c(C)c1. The van der Waals surface area contributed by atoms with Gasteiger partial charge < -0.3 is 10.6 Å². The summed E-state index contributed by atoms with van der Waals surface area (Å²) in [7, 11) is 2.19. The molecular formula is C16H28N2. The molecular weight excluding hydrogens is 220 g/mol. The molecule has 0 aliphatic heterocycles. The maximum atomic E-state index is 5.67. The van der Waals surface area contributed by atoms with Crippen LogP contribution in [0.25, 0.3) is 0 Å². The minimum atomic E-state index is 0.294. The van der Waals surface area contributed by atoms with Gasteiger partial charge in [0, 0.05) is 13.1 Å². The fourth-order valence-electron chi connectivity index (χ4n) is 2.57. The molecule has 2 heteroatoms. The summed E-state index contributed by atoms with van der Waals surface area (Å²) in [5.41, 5.74) is 10.1. The van der Waals surface area contributed by atoms with Crippen LogP contribution in [0, 0.1) is 19.3 Å². The average Bonchev–Trinajstić information content (AvgIpc) is 2.21. The van der Waals surface area contributed by atoms with Gasteiger partial charge in [-0.2, -0.15) is 0 Å². The first kappa shape index (κ1) is 15.2. The lowest BCUT2D eigenvalue weighted by atomic mass is 9.88. The summed E-state index contributed by atoms with van der Waals surface area (Å²) in [6.45, 7) is 11.8. The largest absolute Gasteiger partial charge is 0.330 e. The molecule has 1 aromatic rings. The van der Waals surface area contributed by atoms with E-state index in [4.69, 9.17) is 5.73 Å². The highest BCUT2D eigenvalue weighted by molar-refractivity contribution is 5.30. The first-order valence-corrected chi connectivity index (χ1v) is 6.79. The Morgan fingerprint density at radius 3 is 2.44 bits per heavy atom. The van der Waals surface area contributed by atoms with E-state index in [0.29, 0.717) is 5.41 Å². The van der Waals surface area contributed by atoms with Crippen molar-refractivity contribution in [3.8, 4) is 0 Å². The van der Waals surface area contributed by atoms with Gasteiger partial charge in [-0.1, -0.05) is 37.6 Å². The van der Waals surface area contributed by atoms with Gasteiger partial charge in [-0.3, -0.25) is 0 Å². The van der Waals surface area contributed by atoms with Gasteiger partial charge in [0.1, 0.15) is 0 Å². The Labute approximate surface area is 112 Å². The van der Waals surface area contributed by atoms with Crippen LogP contribution in [-0.2, 0) is 6.54 Å². The van der Waals surface area contributed by atoms with Crippen molar-refractivity contribution in [2.75, 3.05) is 20.1 Å². The molecule has 0 saturated heterocycles. The number of aryl methyl sites for hydroxylation is 2. The maximum Gasteiger partial charge on any atom is 0.0233 e. The van der Waals surface area contributed by atoms with E-state index in [0.717, 1.165) is 26.1 Å². The van der Waals surface area contributed by atoms with Crippen molar-refractivity contribution in [3.63, 3.8) is 0 Å². The smallest absolute Gasteiger partial charge is 0.0233 e. The van der Waals surface area contributed by atoms with Gasteiger partial charge in [-0.25, -0.2) is 0 Å². The van der Waals surface area contributed by atoms with Crippen molar-refractivity contribution in [1.29, 1.82) is 0 Å². The zero-order chi connectivity index (χ0) is 13.8. The number of rotatable bonds is 6. The van der Waals surface area contributed by atoms with Crippen LogP contribution in [0.1, 0.15) is 37.0 Å². The third kappa shape index (κ3) is 4.79. The Bertz CT molecular complexity index is 383. The van der Waals surface area contributed by atoms with E-state index in [1.165, 1.54) is 16.7 Å². The Morgan fingerprint density at radius 2 is 1.89 bits per heavy atom. The number of nitrogens with zero attached hydrogens (tertiary/aromatic N) is 1. The predicted molar refractivity (Wildman–Crippen MR) is 79.7 cm³/mol. The molecule has 1 aromatic carbocycles. The molecule has 0 bridgehead atoms. The Kier molecular flexibility index (Phi) is 5.36. The van der Waals surface area contributed by atoms with E-state index < -0.39 is 0 Å². The van der Waals surface area contributed by atoms with Gasteiger partial charge in [0.2, 0.25) is 0 Å². The standard InChI is InChI=1S/C16H28N2/c1-13-6-7-15(14(2)10-13)11-18(5)12-16(3,4)8-9-17/h6-7,10H,8-9,11-12,17H2,1-5H3. The second-order valence-corrected chi connectivity index (χ2v) is 6.31. The molecule has 0 unspecified atom stereocenters. The summed E-state index contributed by atoms with van der Waals surface area (Å²) in [4.78, 5) is 2.40. The molecule has 0 aliphatic rings. The lowest BCUT2D eigenvalue weighted by Crippen LogP contribution is -2.32. The van der Waals surface area contributed by atoms with Crippen LogP contribution >= 0.6 is 0 Å². The molecule has 2 nitrogen and oxygen atoms in total. The molecule has 102 valence electrons. The summed E-state index contributed by atoms with van der Waals surface area (Å²) in [6, 6.07) is 6.70. The van der Waals surface area contributed by atoms with Crippen molar-refractivity contribution in [2.24, 2.45) is 11.1 Å². The lowest BCUT2D eigenvalue weighted by Gasteiger charge is -2.30. The van der Waals surface area contributed by atoms with Gasteiger partial charge in [0.05, 0.1) is 0 Å². The van der Waals surface area contributed by atoms with Crippen LogP contribution in [0.15, 0.2) is 18.2 Å². The molecule has 0 aromatic heterocycles. The Hall–Kier alpha value is -0.860. The lowest BCUT2D eigenvalue weighted by molar-refractivity contribution is 0.194. The van der Waals surface area contributed by atoms with Crippen molar-refractivity contribution in [1.82, 2.24) is 4.90 Å². The first-order valence-electron chi connectivity index (χ1n) is 6.79. The molecule has 18 heavy (non-hydrogen) atoms. The van der Waals surface area contributed by atoms with E-state index in [9.17, 15) is 0 Å². The molecule has 0 spiro atoms.